The van der Waals surface area contributed by atoms with Crippen molar-refractivity contribution in [3.05, 3.63) is 23.8 Å². The van der Waals surface area contributed by atoms with Crippen LogP contribution < -0.4 is 4.18 Å². The van der Waals surface area contributed by atoms with Crippen molar-refractivity contribution >= 4 is 10.4 Å². The Morgan fingerprint density at radius 3 is 1.60 bits per heavy atom. The Bertz CT molecular complexity index is 658. The van der Waals surface area contributed by atoms with Crippen molar-refractivity contribution in [1.82, 2.24) is 0 Å². The van der Waals surface area contributed by atoms with Gasteiger partial charge in [0.2, 0.25) is 0 Å². The topological polar surface area (TPSA) is 83.8 Å². The van der Waals surface area contributed by atoms with E-state index in [0.717, 1.165) is 19.3 Å². The van der Waals surface area contributed by atoms with Gasteiger partial charge in [0, 0.05) is 0 Å². The number of unbranched alkanes of at least 4 members (excludes halogenated alkanes) is 15. The van der Waals surface area contributed by atoms with Crippen molar-refractivity contribution in [3.63, 3.8) is 0 Å². The number of phenols is 1. The molecule has 30 heavy (non-hydrogen) atoms. The maximum Gasteiger partial charge on any atom is 0.446 e. The number of hydrogen-bond acceptors (Lipinski definition) is 4. The van der Waals surface area contributed by atoms with E-state index >= 15 is 0 Å². The van der Waals surface area contributed by atoms with Gasteiger partial charge < -0.3 is 9.29 Å². The van der Waals surface area contributed by atoms with Gasteiger partial charge in [-0.25, -0.2) is 0 Å². The van der Waals surface area contributed by atoms with Crippen molar-refractivity contribution in [3.8, 4) is 11.5 Å². The van der Waals surface area contributed by atoms with Crippen molar-refractivity contribution < 1.29 is 22.3 Å². The summed E-state index contributed by atoms with van der Waals surface area (Å²) >= 11 is 0. The average molecular weight is 443 g/mol. The normalized spacial score (nSPS) is 11.7. The summed E-state index contributed by atoms with van der Waals surface area (Å²) < 4.78 is 35.3. The van der Waals surface area contributed by atoms with Gasteiger partial charge in [-0.1, -0.05) is 103 Å². The molecule has 2 N–H and O–H groups in total. The molecule has 1 aromatic carbocycles. The number of benzene rings is 1. The molecule has 0 amide bonds. The van der Waals surface area contributed by atoms with Crippen LogP contribution in [0.25, 0.3) is 0 Å². The SMILES string of the molecule is CCCCCCCCCCCCCCCCCCc1cc(O)ccc1OS(=O)(=O)O. The second-order valence-corrected chi connectivity index (χ2v) is 9.38. The van der Waals surface area contributed by atoms with Crippen LogP contribution in [0.5, 0.6) is 11.5 Å². The van der Waals surface area contributed by atoms with E-state index in [4.69, 9.17) is 4.55 Å². The van der Waals surface area contributed by atoms with E-state index in [2.05, 4.69) is 11.1 Å². The largest absolute Gasteiger partial charge is 0.508 e. The number of aromatic hydroxyl groups is 1. The molecule has 0 saturated carbocycles. The van der Waals surface area contributed by atoms with Gasteiger partial charge in [0.05, 0.1) is 0 Å². The molecular weight excluding hydrogens is 400 g/mol. The molecule has 174 valence electrons. The van der Waals surface area contributed by atoms with Gasteiger partial charge in [0.25, 0.3) is 0 Å². The Labute approximate surface area is 184 Å². The number of hydrogen-bond donors (Lipinski definition) is 2. The van der Waals surface area contributed by atoms with Crippen LogP contribution >= 0.6 is 0 Å². The highest BCUT2D eigenvalue weighted by Gasteiger charge is 2.12. The number of rotatable bonds is 19. The number of aryl methyl sites for hydroxylation is 1. The fourth-order valence-electron chi connectivity index (χ4n) is 3.82. The first-order valence-electron chi connectivity index (χ1n) is 11.9. The molecule has 0 heterocycles. The second-order valence-electron chi connectivity index (χ2n) is 8.36. The molecule has 0 aliphatic rings. The zero-order valence-electron chi connectivity index (χ0n) is 18.8. The van der Waals surface area contributed by atoms with Gasteiger partial charge in [-0.05, 0) is 36.6 Å². The van der Waals surface area contributed by atoms with Crippen LogP contribution in [0.15, 0.2) is 18.2 Å². The zero-order chi connectivity index (χ0) is 22.1. The summed E-state index contributed by atoms with van der Waals surface area (Å²) in [6.45, 7) is 2.26. The molecule has 0 atom stereocenters. The minimum absolute atomic E-state index is 0.0594. The highest BCUT2D eigenvalue weighted by molar-refractivity contribution is 7.81. The molecule has 0 saturated heterocycles. The van der Waals surface area contributed by atoms with Crippen LogP contribution in [0.2, 0.25) is 0 Å². The molecule has 5 nitrogen and oxygen atoms in total. The summed E-state index contributed by atoms with van der Waals surface area (Å²) in [5, 5.41) is 9.60. The molecule has 0 aliphatic heterocycles. The molecule has 1 aromatic rings. The summed E-state index contributed by atoms with van der Waals surface area (Å²) in [6, 6.07) is 4.20. The molecule has 6 heteroatoms. The maximum atomic E-state index is 10.9. The van der Waals surface area contributed by atoms with E-state index in [1.807, 2.05) is 0 Å². The molecule has 0 bridgehead atoms. The van der Waals surface area contributed by atoms with Crippen LogP contribution in [0.3, 0.4) is 0 Å². The van der Waals surface area contributed by atoms with Crippen LogP contribution in [0.1, 0.15) is 115 Å². The van der Waals surface area contributed by atoms with E-state index in [0.29, 0.717) is 12.0 Å². The van der Waals surface area contributed by atoms with Gasteiger partial charge in [-0.15, -0.1) is 0 Å². The average Bonchev–Trinajstić information content (AvgIpc) is 2.68. The highest BCUT2D eigenvalue weighted by atomic mass is 32.3. The molecular formula is C24H42O5S. The fraction of sp³-hybridized carbons (Fsp3) is 0.750. The van der Waals surface area contributed by atoms with E-state index in [1.54, 1.807) is 0 Å². The van der Waals surface area contributed by atoms with Gasteiger partial charge in [-0.3, -0.25) is 4.55 Å². The first-order chi connectivity index (χ1) is 14.4. The van der Waals surface area contributed by atoms with Crippen molar-refractivity contribution in [2.24, 2.45) is 0 Å². The summed E-state index contributed by atoms with van der Waals surface area (Å²) in [7, 11) is -4.56. The quantitative estimate of drug-likeness (QED) is 0.172. The Morgan fingerprint density at radius 2 is 1.17 bits per heavy atom. The minimum Gasteiger partial charge on any atom is -0.508 e. The molecule has 1 rings (SSSR count). The molecule has 0 aliphatic carbocycles. The molecule has 0 spiro atoms. The van der Waals surface area contributed by atoms with E-state index in [1.165, 1.54) is 102 Å². The summed E-state index contributed by atoms with van der Waals surface area (Å²) in [4.78, 5) is 0. The summed E-state index contributed by atoms with van der Waals surface area (Å²) in [6.07, 6.45) is 21.4. The third-order valence-electron chi connectivity index (χ3n) is 5.54. The van der Waals surface area contributed by atoms with E-state index in [9.17, 15) is 13.5 Å². The van der Waals surface area contributed by atoms with Crippen LogP contribution in [0, 0.1) is 0 Å². The van der Waals surface area contributed by atoms with Gasteiger partial charge >= 0.3 is 10.4 Å². The van der Waals surface area contributed by atoms with Gasteiger partial charge in [0.15, 0.2) is 0 Å². The van der Waals surface area contributed by atoms with Crippen molar-refractivity contribution in [2.75, 3.05) is 0 Å². The van der Waals surface area contributed by atoms with Crippen molar-refractivity contribution in [1.29, 1.82) is 0 Å². The maximum absolute atomic E-state index is 10.9. The lowest BCUT2D eigenvalue weighted by atomic mass is 10.0. The van der Waals surface area contributed by atoms with Gasteiger partial charge in [-0.2, -0.15) is 8.42 Å². The van der Waals surface area contributed by atoms with E-state index < -0.39 is 10.4 Å². The Hall–Kier alpha value is -1.27. The minimum atomic E-state index is -4.56. The predicted molar refractivity (Wildman–Crippen MR) is 124 cm³/mol. The Balaban J connectivity index is 2.00. The zero-order valence-corrected chi connectivity index (χ0v) is 19.6. The second kappa shape index (κ2) is 16.4. The molecule has 0 fully saturated rings. The van der Waals surface area contributed by atoms with Crippen molar-refractivity contribution in [2.45, 2.75) is 116 Å². The van der Waals surface area contributed by atoms with Gasteiger partial charge in [0.1, 0.15) is 11.5 Å². The van der Waals surface area contributed by atoms with E-state index in [-0.39, 0.29) is 11.5 Å². The molecule has 0 radical (unpaired) electrons. The lowest BCUT2D eigenvalue weighted by Crippen LogP contribution is -2.08. The first-order valence-corrected chi connectivity index (χ1v) is 13.3. The molecule has 0 unspecified atom stereocenters. The third kappa shape index (κ3) is 14.7. The smallest absolute Gasteiger partial charge is 0.446 e. The Kier molecular flexibility index (Phi) is 14.7. The summed E-state index contributed by atoms with van der Waals surface area (Å²) in [5.74, 6) is 0.139. The third-order valence-corrected chi connectivity index (χ3v) is 5.93. The monoisotopic (exact) mass is 442 g/mol. The van der Waals surface area contributed by atoms with Crippen LogP contribution in [-0.2, 0) is 16.8 Å². The fourth-order valence-corrected chi connectivity index (χ4v) is 4.21. The molecule has 0 aromatic heterocycles. The number of phenolic OH excluding ortho intramolecular Hbond substituents is 1. The standard InChI is InChI=1S/C24H42O5S/c1-2-3-4-5-6-7-8-9-10-11-12-13-14-15-16-17-18-22-21-23(25)19-20-24(22)29-30(26,27)28/h19-21,25H,2-18H2,1H3,(H,26,27,28). The lowest BCUT2D eigenvalue weighted by molar-refractivity contribution is 0.384. The van der Waals surface area contributed by atoms with Crippen LogP contribution in [-0.4, -0.2) is 18.1 Å². The predicted octanol–water partition coefficient (Wildman–Crippen LogP) is 7.38. The summed E-state index contributed by atoms with van der Waals surface area (Å²) in [5.41, 5.74) is 0.595. The Morgan fingerprint density at radius 1 is 0.733 bits per heavy atom. The first kappa shape index (κ1) is 26.8. The van der Waals surface area contributed by atoms with Crippen LogP contribution in [0.4, 0.5) is 0 Å². The highest BCUT2D eigenvalue weighted by Crippen LogP contribution is 2.26. The lowest BCUT2D eigenvalue weighted by Gasteiger charge is -2.09.